The number of esters is 2. The number of nitrogens with zero attached hydrogens (tertiary/aromatic N) is 1. The maximum atomic E-state index is 13.4. The van der Waals surface area contributed by atoms with E-state index in [0.717, 1.165) is 40.8 Å². The highest BCUT2D eigenvalue weighted by Crippen LogP contribution is 2.40. The molecule has 1 aliphatic rings. The van der Waals surface area contributed by atoms with E-state index < -0.39 is 23.9 Å². The summed E-state index contributed by atoms with van der Waals surface area (Å²) in [6.45, 7) is 7.71. The average Bonchev–Trinajstić information content (AvgIpc) is 3.29. The Kier molecular flexibility index (Phi) is 7.98. The van der Waals surface area contributed by atoms with Gasteiger partial charge in [0.2, 0.25) is 0 Å². The summed E-state index contributed by atoms with van der Waals surface area (Å²) < 4.78 is 11.0. The summed E-state index contributed by atoms with van der Waals surface area (Å²) in [5, 5.41) is 3.93. The molecule has 0 aliphatic heterocycles. The van der Waals surface area contributed by atoms with Gasteiger partial charge in [0.25, 0.3) is 5.91 Å². The van der Waals surface area contributed by atoms with E-state index in [4.69, 9.17) is 14.5 Å². The Morgan fingerprint density at radius 1 is 1.10 bits per heavy atom. The van der Waals surface area contributed by atoms with Crippen LogP contribution in [0.2, 0.25) is 0 Å². The van der Waals surface area contributed by atoms with E-state index in [1.54, 1.807) is 13.0 Å². The van der Waals surface area contributed by atoms with Crippen LogP contribution in [0.5, 0.6) is 0 Å². The van der Waals surface area contributed by atoms with Crippen LogP contribution in [-0.2, 0) is 27.1 Å². The third-order valence-electron chi connectivity index (χ3n) is 7.16. The molecule has 2 atom stereocenters. The van der Waals surface area contributed by atoms with Gasteiger partial charge in [-0.15, -0.1) is 11.3 Å². The number of carbonyl (C=O) groups excluding carboxylic acids is 3. The van der Waals surface area contributed by atoms with Crippen molar-refractivity contribution >= 4 is 45.1 Å². The molecule has 1 N–H and O–H groups in total. The van der Waals surface area contributed by atoms with Gasteiger partial charge in [-0.3, -0.25) is 4.79 Å². The Morgan fingerprint density at radius 2 is 1.85 bits per heavy atom. The highest BCUT2D eigenvalue weighted by molar-refractivity contribution is 7.17. The lowest BCUT2D eigenvalue weighted by atomic mass is 9.88. The first-order valence-corrected chi connectivity index (χ1v) is 14.4. The van der Waals surface area contributed by atoms with Crippen LogP contribution in [0, 0.1) is 12.8 Å². The van der Waals surface area contributed by atoms with Gasteiger partial charge in [0.1, 0.15) is 5.00 Å². The molecular formula is C32H32N2O5S. The fraction of sp³-hybridized carbons (Fsp3) is 0.312. The Hall–Kier alpha value is -4.04. The predicted octanol–water partition coefficient (Wildman–Crippen LogP) is 6.76. The molecule has 2 heterocycles. The van der Waals surface area contributed by atoms with Gasteiger partial charge in [0, 0.05) is 15.8 Å². The number of rotatable bonds is 7. The Bertz CT molecular complexity index is 1590. The lowest BCUT2D eigenvalue weighted by molar-refractivity contribution is -0.123. The largest absolute Gasteiger partial charge is 0.462 e. The molecular weight excluding hydrogens is 524 g/mol. The maximum absolute atomic E-state index is 13.4. The number of amides is 1. The summed E-state index contributed by atoms with van der Waals surface area (Å²) in [6, 6.07) is 16.9. The van der Waals surface area contributed by atoms with E-state index in [1.807, 2.05) is 55.5 Å². The molecule has 0 saturated heterocycles. The molecule has 40 heavy (non-hydrogen) atoms. The third kappa shape index (κ3) is 5.63. The van der Waals surface area contributed by atoms with Crippen molar-refractivity contribution in [1.82, 2.24) is 4.98 Å². The van der Waals surface area contributed by atoms with Crippen molar-refractivity contribution < 1.29 is 23.9 Å². The molecule has 0 saturated carbocycles. The predicted molar refractivity (Wildman–Crippen MR) is 157 cm³/mol. The molecule has 0 fully saturated rings. The number of nitrogens with one attached hydrogen (secondary N) is 1. The van der Waals surface area contributed by atoms with Crippen molar-refractivity contribution in [2.75, 3.05) is 11.9 Å². The van der Waals surface area contributed by atoms with Gasteiger partial charge >= 0.3 is 11.9 Å². The number of pyridine rings is 1. The molecule has 1 amide bonds. The molecule has 8 heteroatoms. The van der Waals surface area contributed by atoms with Crippen molar-refractivity contribution in [3.8, 4) is 11.3 Å². The first kappa shape index (κ1) is 27.5. The van der Waals surface area contributed by atoms with E-state index >= 15 is 0 Å². The summed E-state index contributed by atoms with van der Waals surface area (Å²) in [4.78, 5) is 45.3. The average molecular weight is 557 g/mol. The summed E-state index contributed by atoms with van der Waals surface area (Å²) in [6.07, 6.45) is 1.49. The minimum Gasteiger partial charge on any atom is -0.462 e. The zero-order chi connectivity index (χ0) is 28.4. The van der Waals surface area contributed by atoms with Crippen molar-refractivity contribution in [3.05, 3.63) is 81.7 Å². The van der Waals surface area contributed by atoms with Gasteiger partial charge in [0.05, 0.1) is 28.9 Å². The highest BCUT2D eigenvalue weighted by atomic mass is 32.1. The van der Waals surface area contributed by atoms with Crippen LogP contribution in [0.3, 0.4) is 0 Å². The summed E-state index contributed by atoms with van der Waals surface area (Å²) in [5.41, 5.74) is 4.99. The SMILES string of the molecule is CCOC(=O)c1c(NC(=O)C(C)OC(=O)c2cc(-c3ccc(C)cc3)nc3ccccc23)sc2c1CCC(C)C2. The van der Waals surface area contributed by atoms with Crippen LogP contribution >= 0.6 is 11.3 Å². The van der Waals surface area contributed by atoms with Crippen molar-refractivity contribution in [1.29, 1.82) is 0 Å². The zero-order valence-corrected chi connectivity index (χ0v) is 23.9. The number of thiophene rings is 1. The van der Waals surface area contributed by atoms with Crippen molar-refractivity contribution in [3.63, 3.8) is 0 Å². The van der Waals surface area contributed by atoms with E-state index in [1.165, 1.54) is 18.3 Å². The van der Waals surface area contributed by atoms with Gasteiger partial charge in [-0.05, 0) is 63.6 Å². The van der Waals surface area contributed by atoms with Crippen LogP contribution in [0.25, 0.3) is 22.2 Å². The number of anilines is 1. The Labute approximate surface area is 237 Å². The van der Waals surface area contributed by atoms with Crippen LogP contribution < -0.4 is 5.32 Å². The first-order valence-electron chi connectivity index (χ1n) is 13.6. The Balaban J connectivity index is 1.39. The monoisotopic (exact) mass is 556 g/mol. The number of para-hydroxylation sites is 1. The Morgan fingerprint density at radius 3 is 2.60 bits per heavy atom. The molecule has 0 bridgehead atoms. The normalized spacial score (nSPS) is 15.2. The second-order valence-corrected chi connectivity index (χ2v) is 11.4. The lowest BCUT2D eigenvalue weighted by Crippen LogP contribution is -2.30. The molecule has 1 aliphatic carbocycles. The fourth-order valence-corrected chi connectivity index (χ4v) is 6.37. The number of carbonyl (C=O) groups is 3. The smallest absolute Gasteiger partial charge is 0.341 e. The van der Waals surface area contributed by atoms with Gasteiger partial charge < -0.3 is 14.8 Å². The molecule has 206 valence electrons. The fourth-order valence-electron chi connectivity index (χ4n) is 4.97. The summed E-state index contributed by atoms with van der Waals surface area (Å²) in [5.74, 6) is -1.08. The summed E-state index contributed by atoms with van der Waals surface area (Å²) in [7, 11) is 0. The quantitative estimate of drug-likeness (QED) is 0.253. The van der Waals surface area contributed by atoms with E-state index in [0.29, 0.717) is 38.6 Å². The third-order valence-corrected chi connectivity index (χ3v) is 8.33. The van der Waals surface area contributed by atoms with E-state index in [-0.39, 0.29) is 6.61 Å². The van der Waals surface area contributed by atoms with Crippen LogP contribution in [0.15, 0.2) is 54.6 Å². The minimum absolute atomic E-state index is 0.242. The minimum atomic E-state index is -1.10. The topological polar surface area (TPSA) is 94.6 Å². The molecule has 2 unspecified atom stereocenters. The molecule has 0 spiro atoms. The number of aromatic nitrogens is 1. The summed E-state index contributed by atoms with van der Waals surface area (Å²) >= 11 is 1.40. The van der Waals surface area contributed by atoms with E-state index in [9.17, 15) is 14.4 Å². The van der Waals surface area contributed by atoms with Gasteiger partial charge in [-0.25, -0.2) is 14.6 Å². The first-order chi connectivity index (χ1) is 19.2. The molecule has 0 radical (unpaired) electrons. The molecule has 5 rings (SSSR count). The highest BCUT2D eigenvalue weighted by Gasteiger charge is 2.30. The lowest BCUT2D eigenvalue weighted by Gasteiger charge is -2.18. The van der Waals surface area contributed by atoms with E-state index in [2.05, 4.69) is 12.2 Å². The van der Waals surface area contributed by atoms with Crippen molar-refractivity contribution in [2.45, 2.75) is 53.1 Å². The second kappa shape index (κ2) is 11.6. The number of hydrogen-bond acceptors (Lipinski definition) is 7. The number of benzene rings is 2. The molecule has 7 nitrogen and oxygen atoms in total. The van der Waals surface area contributed by atoms with Crippen LogP contribution in [-0.4, -0.2) is 35.5 Å². The van der Waals surface area contributed by atoms with Gasteiger partial charge in [-0.1, -0.05) is 55.0 Å². The standard InChI is InChI=1S/C32H32N2O5S/c1-5-38-32(37)28-23-15-12-19(3)16-27(23)40-30(28)34-29(35)20(4)39-31(36)24-17-26(21-13-10-18(2)11-14-21)33-25-9-7-6-8-22(24)25/h6-11,13-14,17,19-20H,5,12,15-16H2,1-4H3,(H,34,35). The van der Waals surface area contributed by atoms with Gasteiger partial charge in [-0.2, -0.15) is 0 Å². The number of aryl methyl sites for hydroxylation is 1. The van der Waals surface area contributed by atoms with Gasteiger partial charge in [0.15, 0.2) is 6.10 Å². The van der Waals surface area contributed by atoms with Crippen LogP contribution in [0.4, 0.5) is 5.00 Å². The molecule has 4 aromatic rings. The molecule has 2 aromatic heterocycles. The molecule has 2 aromatic carbocycles. The number of hydrogen-bond donors (Lipinski definition) is 1. The number of fused-ring (bicyclic) bond motifs is 2. The van der Waals surface area contributed by atoms with Crippen LogP contribution in [0.1, 0.15) is 63.9 Å². The van der Waals surface area contributed by atoms with Crippen molar-refractivity contribution in [2.24, 2.45) is 5.92 Å². The zero-order valence-electron chi connectivity index (χ0n) is 23.1. The maximum Gasteiger partial charge on any atom is 0.341 e. The number of ether oxygens (including phenoxy) is 2. The second-order valence-electron chi connectivity index (χ2n) is 10.3.